The van der Waals surface area contributed by atoms with Crippen molar-refractivity contribution in [1.29, 1.82) is 0 Å². The van der Waals surface area contributed by atoms with Gasteiger partial charge in [-0.2, -0.15) is 0 Å². The van der Waals surface area contributed by atoms with E-state index in [1.54, 1.807) is 0 Å². The Morgan fingerprint density at radius 3 is 2.86 bits per heavy atom. The van der Waals surface area contributed by atoms with Gasteiger partial charge in [-0.05, 0) is 39.7 Å². The Balaban J connectivity index is 1.96. The highest BCUT2D eigenvalue weighted by molar-refractivity contribution is 5.80. The zero-order valence-corrected chi connectivity index (χ0v) is 13.6. The normalized spacial score (nSPS) is 24.7. The molecule has 5 heteroatoms. The second kappa shape index (κ2) is 7.92. The van der Waals surface area contributed by atoms with Crippen molar-refractivity contribution in [3.8, 4) is 0 Å². The highest BCUT2D eigenvalue weighted by Crippen LogP contribution is 2.21. The van der Waals surface area contributed by atoms with Gasteiger partial charge in [0.05, 0.1) is 6.54 Å². The molecular weight excluding hydrogens is 264 g/mol. The number of nitrogens with zero attached hydrogens (tertiary/aromatic N) is 3. The van der Waals surface area contributed by atoms with Crippen LogP contribution in [-0.4, -0.2) is 73.0 Å². The van der Waals surface area contributed by atoms with Gasteiger partial charge in [-0.15, -0.1) is 0 Å². The summed E-state index contributed by atoms with van der Waals surface area (Å²) >= 11 is 0. The Kier molecular flexibility index (Phi) is 6.21. The molecule has 1 aliphatic heterocycles. The van der Waals surface area contributed by atoms with E-state index in [2.05, 4.69) is 29.8 Å². The molecule has 2 N–H and O–H groups in total. The van der Waals surface area contributed by atoms with Crippen molar-refractivity contribution < 1.29 is 4.79 Å². The third-order valence-corrected chi connectivity index (χ3v) is 4.65. The molecule has 0 aromatic rings. The van der Waals surface area contributed by atoms with E-state index in [4.69, 9.17) is 5.73 Å². The van der Waals surface area contributed by atoms with E-state index in [1.165, 1.54) is 18.5 Å². The van der Waals surface area contributed by atoms with E-state index < -0.39 is 0 Å². The van der Waals surface area contributed by atoms with E-state index in [9.17, 15) is 4.79 Å². The molecule has 21 heavy (non-hydrogen) atoms. The highest BCUT2D eigenvalue weighted by atomic mass is 16.2. The van der Waals surface area contributed by atoms with Crippen molar-refractivity contribution in [3.63, 3.8) is 0 Å². The average Bonchev–Trinajstić information content (AvgIpc) is 2.51. The lowest BCUT2D eigenvalue weighted by atomic mass is 10.0. The summed E-state index contributed by atoms with van der Waals surface area (Å²) in [6.45, 7) is 6.86. The molecular formula is C16H30N4O. The molecule has 1 unspecified atom stereocenters. The fourth-order valence-electron chi connectivity index (χ4n) is 3.35. The summed E-state index contributed by atoms with van der Waals surface area (Å²) in [5.74, 6) is 0.230. The minimum Gasteiger partial charge on any atom is -0.329 e. The van der Waals surface area contributed by atoms with Crippen LogP contribution in [-0.2, 0) is 4.79 Å². The number of hydrogen-bond donors (Lipinski definition) is 1. The maximum absolute atomic E-state index is 12.7. The van der Waals surface area contributed by atoms with Crippen LogP contribution in [0.1, 0.15) is 32.6 Å². The molecule has 5 nitrogen and oxygen atoms in total. The van der Waals surface area contributed by atoms with Crippen LogP contribution in [0.4, 0.5) is 0 Å². The minimum atomic E-state index is 0.230. The number of nitrogens with two attached hydrogens (primary N) is 1. The molecule has 1 aliphatic carbocycles. The lowest BCUT2D eigenvalue weighted by Crippen LogP contribution is -2.57. The van der Waals surface area contributed by atoms with Gasteiger partial charge in [0.2, 0.25) is 5.91 Å². The van der Waals surface area contributed by atoms with Crippen molar-refractivity contribution in [2.75, 3.05) is 46.3 Å². The van der Waals surface area contributed by atoms with E-state index >= 15 is 0 Å². The number of carbonyl (C=O) groups excluding carboxylic acids is 1. The topological polar surface area (TPSA) is 52.8 Å². The first-order chi connectivity index (χ1) is 10.2. The number of allylic oxidation sites excluding steroid dienone is 2. The van der Waals surface area contributed by atoms with E-state index in [-0.39, 0.29) is 5.91 Å². The zero-order chi connectivity index (χ0) is 15.2. The maximum atomic E-state index is 12.7. The second-order valence-electron chi connectivity index (χ2n) is 6.20. The lowest BCUT2D eigenvalue weighted by Gasteiger charge is -2.40. The summed E-state index contributed by atoms with van der Waals surface area (Å²) in [4.78, 5) is 19.2. The Morgan fingerprint density at radius 1 is 1.43 bits per heavy atom. The lowest BCUT2D eigenvalue weighted by molar-refractivity contribution is -0.131. The molecule has 2 rings (SSSR count). The maximum Gasteiger partial charge on any atom is 0.240 e. The predicted molar refractivity (Wildman–Crippen MR) is 85.9 cm³/mol. The summed E-state index contributed by atoms with van der Waals surface area (Å²) in [6, 6.07) is 0.298. The van der Waals surface area contributed by atoms with Crippen LogP contribution in [0, 0.1) is 0 Å². The Hall–Kier alpha value is -0.910. The van der Waals surface area contributed by atoms with Gasteiger partial charge in [-0.1, -0.05) is 6.08 Å². The van der Waals surface area contributed by atoms with Gasteiger partial charge in [-0.25, -0.2) is 0 Å². The van der Waals surface area contributed by atoms with Crippen LogP contribution >= 0.6 is 0 Å². The number of rotatable bonds is 5. The van der Waals surface area contributed by atoms with Crippen molar-refractivity contribution in [1.82, 2.24) is 14.7 Å². The van der Waals surface area contributed by atoms with Crippen LogP contribution in [0.15, 0.2) is 11.8 Å². The van der Waals surface area contributed by atoms with Crippen molar-refractivity contribution in [3.05, 3.63) is 11.8 Å². The van der Waals surface area contributed by atoms with Gasteiger partial charge < -0.3 is 15.5 Å². The Labute approximate surface area is 128 Å². The van der Waals surface area contributed by atoms with Gasteiger partial charge in [0.1, 0.15) is 0 Å². The molecule has 0 aromatic carbocycles. The number of likely N-dealkylation sites (N-methyl/N-ethyl adjacent to an activating group) is 2. The largest absolute Gasteiger partial charge is 0.329 e. The molecule has 1 heterocycles. The fraction of sp³-hybridized carbons (Fsp3) is 0.812. The first-order valence-corrected chi connectivity index (χ1v) is 8.27. The third kappa shape index (κ3) is 4.28. The SMILES string of the molecule is CCN(C(=O)CN1CCN(C)CC1CN)C1=CCCCC1. The summed E-state index contributed by atoms with van der Waals surface area (Å²) in [5.41, 5.74) is 7.11. The molecule has 0 aromatic heterocycles. The molecule has 1 saturated heterocycles. The van der Waals surface area contributed by atoms with Crippen molar-refractivity contribution in [2.24, 2.45) is 5.73 Å². The summed E-state index contributed by atoms with van der Waals surface area (Å²) in [7, 11) is 2.12. The predicted octanol–water partition coefficient (Wildman–Crippen LogP) is 0.868. The standard InChI is InChI=1S/C16H30N4O/c1-3-20(14-7-5-4-6-8-14)16(21)13-19-10-9-18(2)12-15(19)11-17/h7,15H,3-6,8-13,17H2,1-2H3. The first-order valence-electron chi connectivity index (χ1n) is 8.27. The summed E-state index contributed by atoms with van der Waals surface area (Å²) in [5, 5.41) is 0. The average molecular weight is 294 g/mol. The number of piperazine rings is 1. The number of amides is 1. The molecule has 120 valence electrons. The fourth-order valence-corrected chi connectivity index (χ4v) is 3.35. The molecule has 1 amide bonds. The molecule has 0 saturated carbocycles. The van der Waals surface area contributed by atoms with Gasteiger partial charge in [0, 0.05) is 44.5 Å². The number of hydrogen-bond acceptors (Lipinski definition) is 4. The van der Waals surface area contributed by atoms with E-state index in [0.29, 0.717) is 19.1 Å². The molecule has 0 radical (unpaired) electrons. The van der Waals surface area contributed by atoms with Crippen LogP contribution in [0.2, 0.25) is 0 Å². The molecule has 1 atom stereocenters. The van der Waals surface area contributed by atoms with Crippen LogP contribution in [0.25, 0.3) is 0 Å². The second-order valence-corrected chi connectivity index (χ2v) is 6.20. The molecule has 2 aliphatic rings. The van der Waals surface area contributed by atoms with Gasteiger partial charge >= 0.3 is 0 Å². The number of carbonyl (C=O) groups is 1. The smallest absolute Gasteiger partial charge is 0.240 e. The van der Waals surface area contributed by atoms with Crippen LogP contribution < -0.4 is 5.73 Å². The highest BCUT2D eigenvalue weighted by Gasteiger charge is 2.28. The van der Waals surface area contributed by atoms with E-state index in [1.807, 2.05) is 4.90 Å². The molecule has 1 fully saturated rings. The van der Waals surface area contributed by atoms with Crippen molar-refractivity contribution >= 4 is 5.91 Å². The minimum absolute atomic E-state index is 0.230. The molecule has 0 spiro atoms. The van der Waals surface area contributed by atoms with Crippen LogP contribution in [0.5, 0.6) is 0 Å². The first kappa shape index (κ1) is 16.5. The Morgan fingerprint density at radius 2 is 2.24 bits per heavy atom. The van der Waals surface area contributed by atoms with Crippen molar-refractivity contribution in [2.45, 2.75) is 38.6 Å². The quantitative estimate of drug-likeness (QED) is 0.817. The monoisotopic (exact) mass is 294 g/mol. The van der Waals surface area contributed by atoms with Gasteiger partial charge in [-0.3, -0.25) is 9.69 Å². The van der Waals surface area contributed by atoms with E-state index in [0.717, 1.165) is 39.0 Å². The Bertz CT molecular complexity index is 382. The summed E-state index contributed by atoms with van der Waals surface area (Å²) in [6.07, 6.45) is 6.86. The molecule has 0 bridgehead atoms. The zero-order valence-electron chi connectivity index (χ0n) is 13.6. The summed E-state index contributed by atoms with van der Waals surface area (Å²) < 4.78 is 0. The van der Waals surface area contributed by atoms with Gasteiger partial charge in [0.15, 0.2) is 0 Å². The van der Waals surface area contributed by atoms with Crippen LogP contribution in [0.3, 0.4) is 0 Å². The van der Waals surface area contributed by atoms with Gasteiger partial charge in [0.25, 0.3) is 0 Å². The third-order valence-electron chi connectivity index (χ3n) is 4.65.